The Morgan fingerprint density at radius 1 is 1.39 bits per heavy atom. The van der Waals surface area contributed by atoms with E-state index in [0.717, 1.165) is 23.2 Å². The van der Waals surface area contributed by atoms with E-state index in [4.69, 9.17) is 10.5 Å². The molecule has 0 fully saturated rings. The fourth-order valence-electron chi connectivity index (χ4n) is 2.14. The predicted molar refractivity (Wildman–Crippen MR) is 81.1 cm³/mol. The van der Waals surface area contributed by atoms with Gasteiger partial charge in [0.25, 0.3) is 0 Å². The molecule has 1 rings (SSSR count). The Labute approximate surface area is 118 Å². The van der Waals surface area contributed by atoms with Crippen LogP contribution in [0.1, 0.15) is 32.4 Å². The fraction of sp³-hybridized carbons (Fsp3) is 0.571. The Hall–Kier alpha value is -0.580. The van der Waals surface area contributed by atoms with E-state index in [1.54, 1.807) is 7.11 Å². The molecule has 0 saturated heterocycles. The summed E-state index contributed by atoms with van der Waals surface area (Å²) in [5.41, 5.74) is 8.24. The monoisotopic (exact) mass is 314 g/mol. The van der Waals surface area contributed by atoms with E-state index in [1.165, 1.54) is 5.69 Å². The number of methoxy groups -OCH3 is 1. The van der Waals surface area contributed by atoms with E-state index in [-0.39, 0.29) is 6.04 Å². The highest BCUT2D eigenvalue weighted by molar-refractivity contribution is 9.10. The third-order valence-corrected chi connectivity index (χ3v) is 3.77. The third kappa shape index (κ3) is 3.70. The van der Waals surface area contributed by atoms with Gasteiger partial charge < -0.3 is 15.4 Å². The van der Waals surface area contributed by atoms with Crippen LogP contribution in [0.2, 0.25) is 0 Å². The summed E-state index contributed by atoms with van der Waals surface area (Å²) in [7, 11) is 1.74. The van der Waals surface area contributed by atoms with Crippen LogP contribution in [0.25, 0.3) is 0 Å². The van der Waals surface area contributed by atoms with Crippen molar-refractivity contribution in [2.24, 2.45) is 5.73 Å². The molecular formula is C14H23BrN2O. The molecule has 102 valence electrons. The maximum atomic E-state index is 5.92. The predicted octanol–water partition coefficient (Wildman–Crippen LogP) is 3.33. The minimum absolute atomic E-state index is 0.0416. The molecular weight excluding hydrogens is 292 g/mol. The molecule has 4 heteroatoms. The Balaban J connectivity index is 2.97. The summed E-state index contributed by atoms with van der Waals surface area (Å²) in [6.45, 7) is 7.99. The van der Waals surface area contributed by atoms with Gasteiger partial charge in [-0.05, 0) is 38.5 Å². The molecule has 1 aromatic carbocycles. The molecule has 0 aliphatic rings. The number of halogens is 1. The molecule has 0 aliphatic carbocycles. The number of benzene rings is 1. The maximum Gasteiger partial charge on any atom is 0.0663 e. The van der Waals surface area contributed by atoms with Gasteiger partial charge in [-0.2, -0.15) is 0 Å². The number of ether oxygens (including phenoxy) is 1. The SMILES string of the molecule is CCN(c1ccc(C(C)N)c(Br)c1)C(C)COC. The number of rotatable bonds is 6. The second-order valence-corrected chi connectivity index (χ2v) is 5.44. The molecule has 2 unspecified atom stereocenters. The lowest BCUT2D eigenvalue weighted by Gasteiger charge is -2.30. The van der Waals surface area contributed by atoms with Gasteiger partial charge in [-0.1, -0.05) is 22.0 Å². The number of nitrogens with two attached hydrogens (primary N) is 1. The highest BCUT2D eigenvalue weighted by atomic mass is 79.9. The molecule has 0 radical (unpaired) electrons. The van der Waals surface area contributed by atoms with Crippen molar-refractivity contribution in [2.75, 3.05) is 25.2 Å². The molecule has 3 nitrogen and oxygen atoms in total. The first kappa shape index (κ1) is 15.5. The van der Waals surface area contributed by atoms with Crippen LogP contribution in [0, 0.1) is 0 Å². The van der Waals surface area contributed by atoms with Gasteiger partial charge in [0.05, 0.1) is 6.61 Å². The Kier molecular flexibility index (Phi) is 6.12. The van der Waals surface area contributed by atoms with Crippen LogP contribution in [0.3, 0.4) is 0 Å². The summed E-state index contributed by atoms with van der Waals surface area (Å²) in [5, 5.41) is 0. The largest absolute Gasteiger partial charge is 0.383 e. The lowest BCUT2D eigenvalue weighted by Crippen LogP contribution is -2.36. The number of likely N-dealkylation sites (N-methyl/N-ethyl adjacent to an activating group) is 1. The lowest BCUT2D eigenvalue weighted by molar-refractivity contribution is 0.182. The summed E-state index contributed by atoms with van der Waals surface area (Å²) in [5.74, 6) is 0. The zero-order chi connectivity index (χ0) is 13.7. The third-order valence-electron chi connectivity index (χ3n) is 3.09. The summed E-state index contributed by atoms with van der Waals surface area (Å²) in [4.78, 5) is 2.32. The minimum atomic E-state index is 0.0416. The van der Waals surface area contributed by atoms with Crippen molar-refractivity contribution >= 4 is 21.6 Å². The van der Waals surface area contributed by atoms with Crippen LogP contribution >= 0.6 is 15.9 Å². The molecule has 0 heterocycles. The average molecular weight is 315 g/mol. The zero-order valence-electron chi connectivity index (χ0n) is 11.6. The van der Waals surface area contributed by atoms with Crippen LogP contribution in [0.15, 0.2) is 22.7 Å². The molecule has 0 bridgehead atoms. The molecule has 2 N–H and O–H groups in total. The van der Waals surface area contributed by atoms with Crippen molar-refractivity contribution in [3.05, 3.63) is 28.2 Å². The normalized spacial score (nSPS) is 14.3. The van der Waals surface area contributed by atoms with E-state index in [9.17, 15) is 0 Å². The number of hydrogen-bond acceptors (Lipinski definition) is 3. The van der Waals surface area contributed by atoms with Crippen molar-refractivity contribution in [2.45, 2.75) is 32.9 Å². The van der Waals surface area contributed by atoms with Gasteiger partial charge in [-0.3, -0.25) is 0 Å². The summed E-state index contributed by atoms with van der Waals surface area (Å²) >= 11 is 3.60. The molecule has 18 heavy (non-hydrogen) atoms. The second kappa shape index (κ2) is 7.12. The number of hydrogen-bond donors (Lipinski definition) is 1. The fourth-order valence-corrected chi connectivity index (χ4v) is 2.87. The molecule has 0 spiro atoms. The molecule has 0 amide bonds. The van der Waals surface area contributed by atoms with Gasteiger partial charge in [0, 0.05) is 35.9 Å². The van der Waals surface area contributed by atoms with Crippen molar-refractivity contribution in [1.82, 2.24) is 0 Å². The summed E-state index contributed by atoms with van der Waals surface area (Å²) in [6.07, 6.45) is 0. The molecule has 1 aromatic rings. The molecule has 0 aliphatic heterocycles. The summed E-state index contributed by atoms with van der Waals surface area (Å²) in [6, 6.07) is 6.74. The highest BCUT2D eigenvalue weighted by Crippen LogP contribution is 2.28. The van der Waals surface area contributed by atoms with Gasteiger partial charge >= 0.3 is 0 Å². The van der Waals surface area contributed by atoms with E-state index >= 15 is 0 Å². The number of anilines is 1. The first-order valence-corrected chi connectivity index (χ1v) is 7.11. The van der Waals surface area contributed by atoms with Gasteiger partial charge in [-0.15, -0.1) is 0 Å². The van der Waals surface area contributed by atoms with E-state index in [1.807, 2.05) is 6.92 Å². The van der Waals surface area contributed by atoms with Crippen LogP contribution in [-0.4, -0.2) is 26.3 Å². The maximum absolute atomic E-state index is 5.92. The van der Waals surface area contributed by atoms with Crippen LogP contribution in [-0.2, 0) is 4.74 Å². The van der Waals surface area contributed by atoms with E-state index in [0.29, 0.717) is 6.04 Å². The topological polar surface area (TPSA) is 38.5 Å². The zero-order valence-corrected chi connectivity index (χ0v) is 13.2. The van der Waals surface area contributed by atoms with E-state index in [2.05, 4.69) is 52.9 Å². The van der Waals surface area contributed by atoms with Gasteiger partial charge in [0.2, 0.25) is 0 Å². The second-order valence-electron chi connectivity index (χ2n) is 4.58. The van der Waals surface area contributed by atoms with Crippen molar-refractivity contribution in [1.29, 1.82) is 0 Å². The van der Waals surface area contributed by atoms with Crippen molar-refractivity contribution in [3.63, 3.8) is 0 Å². The minimum Gasteiger partial charge on any atom is -0.383 e. The Morgan fingerprint density at radius 2 is 2.06 bits per heavy atom. The first-order chi connectivity index (χ1) is 8.51. The number of nitrogens with zero attached hydrogens (tertiary/aromatic N) is 1. The lowest BCUT2D eigenvalue weighted by atomic mass is 10.1. The van der Waals surface area contributed by atoms with Gasteiger partial charge in [0.15, 0.2) is 0 Å². The van der Waals surface area contributed by atoms with Crippen LogP contribution < -0.4 is 10.6 Å². The van der Waals surface area contributed by atoms with Crippen molar-refractivity contribution in [3.8, 4) is 0 Å². The van der Waals surface area contributed by atoms with E-state index < -0.39 is 0 Å². The Morgan fingerprint density at radius 3 is 2.50 bits per heavy atom. The quantitative estimate of drug-likeness (QED) is 0.875. The standard InChI is InChI=1S/C14H23BrN2O/c1-5-17(10(2)9-18-4)12-6-7-13(11(3)16)14(15)8-12/h6-8,10-11H,5,9,16H2,1-4H3. The molecule has 0 aromatic heterocycles. The molecule has 2 atom stereocenters. The smallest absolute Gasteiger partial charge is 0.0663 e. The Bertz CT molecular complexity index is 382. The molecule has 0 saturated carbocycles. The van der Waals surface area contributed by atoms with Gasteiger partial charge in [-0.25, -0.2) is 0 Å². The first-order valence-electron chi connectivity index (χ1n) is 6.31. The summed E-state index contributed by atoms with van der Waals surface area (Å²) < 4.78 is 6.29. The van der Waals surface area contributed by atoms with Crippen molar-refractivity contribution < 1.29 is 4.74 Å². The average Bonchev–Trinajstić information content (AvgIpc) is 2.29. The van der Waals surface area contributed by atoms with Gasteiger partial charge in [0.1, 0.15) is 0 Å². The van der Waals surface area contributed by atoms with Crippen LogP contribution in [0.4, 0.5) is 5.69 Å². The highest BCUT2D eigenvalue weighted by Gasteiger charge is 2.14. The van der Waals surface area contributed by atoms with Crippen LogP contribution in [0.5, 0.6) is 0 Å².